The van der Waals surface area contributed by atoms with Crippen LogP contribution < -0.4 is 0 Å². The highest BCUT2D eigenvalue weighted by atomic mass is 127. The average molecular weight is 383 g/mol. The molecule has 64 valence electrons. The Morgan fingerprint density at radius 2 is 2.36 bits per heavy atom. The maximum absolute atomic E-state index is 10.6. The Hall–Kier alpha value is 0.850. The smallest absolute Gasteiger partial charge is 0.321 e. The van der Waals surface area contributed by atoms with Gasteiger partial charge in [0.25, 0.3) is 0 Å². The fourth-order valence-corrected chi connectivity index (χ4v) is 2.32. The van der Waals surface area contributed by atoms with Crippen LogP contribution in [-0.2, 0) is 7.86 Å². The first-order valence-electron chi connectivity index (χ1n) is 3.07. The number of carbonyl (C=O) groups is 1. The molecule has 1 heterocycles. The molecule has 0 aromatic heterocycles. The van der Waals surface area contributed by atoms with E-state index in [2.05, 4.69) is 0 Å². The third-order valence-corrected chi connectivity index (χ3v) is 3.40. The van der Waals surface area contributed by atoms with Gasteiger partial charge in [-0.3, -0.25) is 4.79 Å². The molecule has 0 amide bonds. The molecule has 0 saturated carbocycles. The minimum atomic E-state index is -0.768. The van der Waals surface area contributed by atoms with E-state index in [0.29, 0.717) is 13.0 Å². The van der Waals surface area contributed by atoms with Gasteiger partial charge in [-0.1, -0.05) is 0 Å². The van der Waals surface area contributed by atoms with Crippen molar-refractivity contribution in [2.45, 2.75) is 18.6 Å². The number of aliphatic carboxylic acids is 1. The van der Waals surface area contributed by atoms with Gasteiger partial charge in [-0.15, -0.1) is 0 Å². The zero-order chi connectivity index (χ0) is 8.43. The minimum absolute atomic E-state index is 0.0635. The van der Waals surface area contributed by atoms with Gasteiger partial charge in [0, 0.05) is 35.8 Å². The van der Waals surface area contributed by atoms with E-state index in [9.17, 15) is 4.79 Å². The summed E-state index contributed by atoms with van der Waals surface area (Å²) in [5.41, 5.74) is 0. The highest BCUT2D eigenvalue weighted by Crippen LogP contribution is 2.25. The molecule has 1 aliphatic heterocycles. The van der Waals surface area contributed by atoms with E-state index >= 15 is 0 Å². The van der Waals surface area contributed by atoms with Crippen molar-refractivity contribution in [3.05, 3.63) is 0 Å². The second-order valence-corrected chi connectivity index (χ2v) is 4.13. The first kappa shape index (κ1) is 9.93. The quantitative estimate of drug-likeness (QED) is 0.576. The van der Waals surface area contributed by atoms with E-state index in [4.69, 9.17) is 8.17 Å². The van der Waals surface area contributed by atoms with Gasteiger partial charge < -0.3 is 8.17 Å². The molecule has 1 fully saturated rings. The van der Waals surface area contributed by atoms with Crippen LogP contribution >= 0.6 is 45.9 Å². The third kappa shape index (κ3) is 2.39. The number of hydrogen-bond donors (Lipinski definition) is 1. The second-order valence-electron chi connectivity index (χ2n) is 2.38. The lowest BCUT2D eigenvalue weighted by molar-refractivity contribution is -0.140. The number of halogens is 2. The summed E-state index contributed by atoms with van der Waals surface area (Å²) in [5, 5.41) is 8.69. The summed E-state index contributed by atoms with van der Waals surface area (Å²) in [4.78, 5) is 10.6. The van der Waals surface area contributed by atoms with Gasteiger partial charge in [0.05, 0.1) is 6.10 Å². The Labute approximate surface area is 92.5 Å². The van der Waals surface area contributed by atoms with Crippen molar-refractivity contribution in [2.75, 3.05) is 6.54 Å². The van der Waals surface area contributed by atoms with Crippen molar-refractivity contribution >= 4 is 51.8 Å². The molecule has 0 aromatic rings. The van der Waals surface area contributed by atoms with Crippen molar-refractivity contribution in [1.82, 2.24) is 3.11 Å². The van der Waals surface area contributed by atoms with Crippen LogP contribution in [0.2, 0.25) is 0 Å². The Balaban J connectivity index is 2.51. The lowest BCUT2D eigenvalue weighted by Crippen LogP contribution is -2.27. The number of hydrogen-bond acceptors (Lipinski definition) is 3. The molecule has 2 atom stereocenters. The lowest BCUT2D eigenvalue weighted by Gasteiger charge is -2.10. The first-order chi connectivity index (χ1) is 5.15. The number of rotatable bonds is 2. The molecule has 4 nitrogen and oxygen atoms in total. The number of nitrogens with zero attached hydrogens (tertiary/aromatic N) is 1. The van der Waals surface area contributed by atoms with Crippen LogP contribution in [0.15, 0.2) is 0 Å². The SMILES string of the molecule is O=C(O)[C@H]1C[C@H](OI)CN1I. The third-order valence-electron chi connectivity index (χ3n) is 1.61. The van der Waals surface area contributed by atoms with E-state index in [-0.39, 0.29) is 12.1 Å². The molecule has 11 heavy (non-hydrogen) atoms. The zero-order valence-corrected chi connectivity index (χ0v) is 9.85. The topological polar surface area (TPSA) is 49.8 Å². The van der Waals surface area contributed by atoms with E-state index in [1.165, 1.54) is 0 Å². The van der Waals surface area contributed by atoms with Crippen molar-refractivity contribution in [1.29, 1.82) is 0 Å². The van der Waals surface area contributed by atoms with Gasteiger partial charge in [0.15, 0.2) is 0 Å². The molecule has 0 aromatic carbocycles. The lowest BCUT2D eigenvalue weighted by atomic mass is 10.2. The molecule has 0 unspecified atom stereocenters. The summed E-state index contributed by atoms with van der Waals surface area (Å²) < 4.78 is 6.79. The van der Waals surface area contributed by atoms with E-state index < -0.39 is 5.97 Å². The highest BCUT2D eigenvalue weighted by molar-refractivity contribution is 14.1. The summed E-state index contributed by atoms with van der Waals surface area (Å²) in [5.74, 6) is -0.768. The maximum atomic E-state index is 10.6. The van der Waals surface area contributed by atoms with Gasteiger partial charge in [-0.25, -0.2) is 3.11 Å². The van der Waals surface area contributed by atoms with E-state index in [1.807, 2.05) is 45.9 Å². The molecule has 1 rings (SSSR count). The summed E-state index contributed by atoms with van der Waals surface area (Å²) in [6.07, 6.45) is 0.648. The van der Waals surface area contributed by atoms with Crippen LogP contribution in [0.25, 0.3) is 0 Å². The van der Waals surface area contributed by atoms with Crippen LogP contribution in [0.3, 0.4) is 0 Å². The van der Waals surface area contributed by atoms with Gasteiger partial charge in [-0.05, 0) is 0 Å². The molecule has 0 spiro atoms. The summed E-state index contributed by atoms with van der Waals surface area (Å²) in [7, 11) is 0. The van der Waals surface area contributed by atoms with E-state index in [0.717, 1.165) is 0 Å². The van der Waals surface area contributed by atoms with Crippen molar-refractivity contribution < 1.29 is 13.0 Å². The van der Waals surface area contributed by atoms with Crippen molar-refractivity contribution in [3.63, 3.8) is 0 Å². The molecule has 6 heteroatoms. The normalized spacial score (nSPS) is 32.5. The Morgan fingerprint density at radius 3 is 2.64 bits per heavy atom. The fraction of sp³-hybridized carbons (Fsp3) is 0.800. The second kappa shape index (κ2) is 4.19. The standard InChI is InChI=1S/C5H7I2NO3/c6-8-2-3(11-7)1-4(8)5(9)10/h3-4H,1-2H2,(H,9,10)/t3-,4+/m0/s1. The molecular weight excluding hydrogens is 376 g/mol. The molecule has 0 bridgehead atoms. The summed E-state index contributed by atoms with van der Waals surface area (Å²) in [6.45, 7) is 0.695. The van der Waals surface area contributed by atoms with Crippen LogP contribution in [0.1, 0.15) is 6.42 Å². The van der Waals surface area contributed by atoms with Crippen LogP contribution in [0, 0.1) is 0 Å². The molecule has 1 saturated heterocycles. The summed E-state index contributed by atoms with van der Waals surface area (Å²) in [6, 6.07) is -0.379. The average Bonchev–Trinajstić information content (AvgIpc) is 2.30. The van der Waals surface area contributed by atoms with Crippen molar-refractivity contribution in [3.8, 4) is 0 Å². The Kier molecular flexibility index (Phi) is 3.78. The van der Waals surface area contributed by atoms with Gasteiger partial charge in [0.2, 0.25) is 0 Å². The van der Waals surface area contributed by atoms with Crippen LogP contribution in [0.5, 0.6) is 0 Å². The number of carboxylic acid groups (broad SMARTS) is 1. The number of carboxylic acids is 1. The van der Waals surface area contributed by atoms with Crippen LogP contribution in [0.4, 0.5) is 0 Å². The molecular formula is C5H7I2NO3. The Morgan fingerprint density at radius 1 is 1.73 bits per heavy atom. The summed E-state index contributed by atoms with van der Waals surface area (Å²) >= 11 is 3.83. The predicted molar refractivity (Wildman–Crippen MR) is 55.7 cm³/mol. The fourth-order valence-electron chi connectivity index (χ4n) is 1.04. The monoisotopic (exact) mass is 383 g/mol. The predicted octanol–water partition coefficient (Wildman–Crippen LogP) is 1.23. The molecule has 0 aliphatic carbocycles. The minimum Gasteiger partial charge on any atom is -0.480 e. The van der Waals surface area contributed by atoms with Gasteiger partial charge in [0.1, 0.15) is 29.0 Å². The van der Waals surface area contributed by atoms with Crippen molar-refractivity contribution in [2.24, 2.45) is 0 Å². The maximum Gasteiger partial charge on any atom is 0.321 e. The molecule has 1 N–H and O–H groups in total. The van der Waals surface area contributed by atoms with Gasteiger partial charge >= 0.3 is 5.97 Å². The van der Waals surface area contributed by atoms with Gasteiger partial charge in [-0.2, -0.15) is 0 Å². The first-order valence-corrected chi connectivity index (χ1v) is 4.92. The van der Waals surface area contributed by atoms with E-state index in [1.54, 1.807) is 3.11 Å². The zero-order valence-electron chi connectivity index (χ0n) is 5.54. The molecule has 1 aliphatic rings. The largest absolute Gasteiger partial charge is 0.480 e. The molecule has 0 radical (unpaired) electrons. The van der Waals surface area contributed by atoms with Crippen LogP contribution in [-0.4, -0.2) is 32.9 Å². The highest BCUT2D eigenvalue weighted by Gasteiger charge is 2.35. The Bertz CT molecular complexity index is 166.